The number of hydrogen-bond donors (Lipinski definition) is 0. The van der Waals surface area contributed by atoms with E-state index in [1.165, 1.54) is 126 Å². The van der Waals surface area contributed by atoms with Crippen LogP contribution in [0, 0.1) is 11.3 Å². The summed E-state index contributed by atoms with van der Waals surface area (Å²) in [5.74, 6) is 0.674. The SMILES string of the molecule is C=CC(C)(C)C=Cc1ccc2c(c1)C(CCCCCCCC)(C(CCC)CCCCCCC)c1cc(C(C)(CC)CC)ccc1-2. The first-order chi connectivity index (χ1) is 21.7. The Balaban J connectivity index is 2.23. The minimum Gasteiger partial charge on any atom is -0.102 e. The van der Waals surface area contributed by atoms with Gasteiger partial charge in [-0.1, -0.05) is 187 Å². The van der Waals surface area contributed by atoms with Crippen LogP contribution in [0.5, 0.6) is 0 Å². The molecule has 0 radical (unpaired) electrons. The molecule has 0 fully saturated rings. The molecule has 0 bridgehead atoms. The fourth-order valence-corrected chi connectivity index (χ4v) is 8.05. The molecule has 0 N–H and O–H groups in total. The van der Waals surface area contributed by atoms with Crippen LogP contribution in [-0.2, 0) is 10.8 Å². The maximum atomic E-state index is 4.09. The number of rotatable bonds is 22. The molecule has 0 amide bonds. The van der Waals surface area contributed by atoms with E-state index >= 15 is 0 Å². The molecule has 0 spiro atoms. The van der Waals surface area contributed by atoms with Crippen molar-refractivity contribution in [1.82, 2.24) is 0 Å². The Hall–Kier alpha value is -2.08. The summed E-state index contributed by atoms with van der Waals surface area (Å²) in [6, 6.07) is 15.2. The summed E-state index contributed by atoms with van der Waals surface area (Å²) in [6.45, 7) is 22.9. The van der Waals surface area contributed by atoms with Gasteiger partial charge >= 0.3 is 0 Å². The third-order valence-electron chi connectivity index (χ3n) is 11.7. The normalized spacial score (nSPS) is 17.1. The number of hydrogen-bond acceptors (Lipinski definition) is 0. The van der Waals surface area contributed by atoms with Crippen LogP contribution < -0.4 is 0 Å². The first kappa shape index (κ1) is 37.4. The van der Waals surface area contributed by atoms with Crippen molar-refractivity contribution in [2.45, 2.75) is 175 Å². The molecule has 45 heavy (non-hydrogen) atoms. The summed E-state index contributed by atoms with van der Waals surface area (Å²) in [4.78, 5) is 0. The lowest BCUT2D eigenvalue weighted by Gasteiger charge is -2.41. The second kappa shape index (κ2) is 17.7. The van der Waals surface area contributed by atoms with E-state index in [9.17, 15) is 0 Å². The monoisotopic (exact) mass is 611 g/mol. The molecule has 0 aliphatic heterocycles. The predicted molar refractivity (Wildman–Crippen MR) is 203 cm³/mol. The summed E-state index contributed by atoms with van der Waals surface area (Å²) in [6.07, 6.45) is 29.3. The fourth-order valence-electron chi connectivity index (χ4n) is 8.05. The molecule has 0 nitrogen and oxygen atoms in total. The summed E-state index contributed by atoms with van der Waals surface area (Å²) >= 11 is 0. The molecular formula is C45H70. The van der Waals surface area contributed by atoms with Crippen LogP contribution in [0.4, 0.5) is 0 Å². The zero-order valence-electron chi connectivity index (χ0n) is 31.0. The average Bonchev–Trinajstić information content (AvgIpc) is 3.33. The predicted octanol–water partition coefficient (Wildman–Crippen LogP) is 14.8. The fraction of sp³-hybridized carbons (Fsp3) is 0.644. The van der Waals surface area contributed by atoms with Crippen molar-refractivity contribution in [3.8, 4) is 11.1 Å². The first-order valence-corrected chi connectivity index (χ1v) is 19.3. The minimum atomic E-state index is -0.0134. The standard InChI is InChI=1S/C45H70/c1-10-16-18-20-22-24-32-45(37(25-12-3)26-23-21-19-17-11-2)41-34-36(31-33-43(7,8)13-4)27-29-39(41)40-30-28-38(35-42(40)45)44(9,14-5)15-6/h13,27-31,33-35,37H,4,10-12,14-26,32H2,1-3,5-9H3. The van der Waals surface area contributed by atoms with E-state index in [2.05, 4.69) is 117 Å². The average molecular weight is 611 g/mol. The molecule has 250 valence electrons. The van der Waals surface area contributed by atoms with Gasteiger partial charge in [0, 0.05) is 10.8 Å². The van der Waals surface area contributed by atoms with Gasteiger partial charge in [0.05, 0.1) is 0 Å². The molecule has 0 heteroatoms. The molecule has 0 aromatic heterocycles. The maximum absolute atomic E-state index is 4.09. The molecular weight excluding hydrogens is 540 g/mol. The largest absolute Gasteiger partial charge is 0.102 e. The van der Waals surface area contributed by atoms with Gasteiger partial charge in [-0.3, -0.25) is 0 Å². The molecule has 0 saturated carbocycles. The Kier molecular flexibility index (Phi) is 14.7. The van der Waals surface area contributed by atoms with Gasteiger partial charge in [0.1, 0.15) is 0 Å². The summed E-state index contributed by atoms with van der Waals surface area (Å²) in [5.41, 5.74) is 9.51. The molecule has 1 aliphatic rings. The molecule has 0 saturated heterocycles. The van der Waals surface area contributed by atoms with Crippen LogP contribution in [0.2, 0.25) is 0 Å². The maximum Gasteiger partial charge on any atom is 0.0243 e. The van der Waals surface area contributed by atoms with Crippen LogP contribution in [0.15, 0.2) is 55.1 Å². The minimum absolute atomic E-state index is 0.0134. The van der Waals surface area contributed by atoms with Gasteiger partial charge < -0.3 is 0 Å². The Labute approximate surface area is 280 Å². The molecule has 0 heterocycles. The molecule has 2 aromatic rings. The first-order valence-electron chi connectivity index (χ1n) is 19.3. The Morgan fingerprint density at radius 2 is 1.24 bits per heavy atom. The van der Waals surface area contributed by atoms with E-state index in [0.717, 1.165) is 0 Å². The Morgan fingerprint density at radius 3 is 1.84 bits per heavy atom. The van der Waals surface area contributed by atoms with E-state index in [1.807, 2.05) is 0 Å². The van der Waals surface area contributed by atoms with Gasteiger partial charge in [-0.25, -0.2) is 0 Å². The molecule has 2 unspecified atom stereocenters. The topological polar surface area (TPSA) is 0 Å². The van der Waals surface area contributed by atoms with E-state index < -0.39 is 0 Å². The van der Waals surface area contributed by atoms with E-state index in [4.69, 9.17) is 0 Å². The molecule has 2 atom stereocenters. The zero-order chi connectivity index (χ0) is 32.9. The number of fused-ring (bicyclic) bond motifs is 3. The summed E-state index contributed by atoms with van der Waals surface area (Å²) in [7, 11) is 0. The van der Waals surface area contributed by atoms with E-state index in [0.29, 0.717) is 5.92 Å². The van der Waals surface area contributed by atoms with Crippen LogP contribution in [-0.4, -0.2) is 0 Å². The smallest absolute Gasteiger partial charge is 0.0243 e. The van der Waals surface area contributed by atoms with E-state index in [-0.39, 0.29) is 16.2 Å². The van der Waals surface area contributed by atoms with Crippen LogP contribution in [0.25, 0.3) is 17.2 Å². The van der Waals surface area contributed by atoms with Crippen molar-refractivity contribution < 1.29 is 0 Å². The summed E-state index contributed by atoms with van der Waals surface area (Å²) < 4.78 is 0. The lowest BCUT2D eigenvalue weighted by Crippen LogP contribution is -2.36. The third-order valence-corrected chi connectivity index (χ3v) is 11.7. The van der Waals surface area contributed by atoms with Crippen molar-refractivity contribution in [3.05, 3.63) is 77.4 Å². The quantitative estimate of drug-likeness (QED) is 0.0919. The van der Waals surface area contributed by atoms with Crippen LogP contribution in [0.3, 0.4) is 0 Å². The molecule has 3 rings (SSSR count). The van der Waals surface area contributed by atoms with Gasteiger partial charge in [-0.2, -0.15) is 0 Å². The van der Waals surface area contributed by atoms with Gasteiger partial charge in [0.2, 0.25) is 0 Å². The lowest BCUT2D eigenvalue weighted by atomic mass is 9.62. The zero-order valence-corrected chi connectivity index (χ0v) is 31.0. The van der Waals surface area contributed by atoms with Crippen molar-refractivity contribution in [3.63, 3.8) is 0 Å². The van der Waals surface area contributed by atoms with Gasteiger partial charge in [-0.15, -0.1) is 6.58 Å². The highest BCUT2D eigenvalue weighted by Crippen LogP contribution is 2.58. The van der Waals surface area contributed by atoms with Gasteiger partial charge in [0.15, 0.2) is 0 Å². The molecule has 2 aromatic carbocycles. The van der Waals surface area contributed by atoms with Crippen LogP contribution in [0.1, 0.15) is 187 Å². The highest BCUT2D eigenvalue weighted by atomic mass is 14.5. The molecule has 1 aliphatic carbocycles. The van der Waals surface area contributed by atoms with Crippen molar-refractivity contribution in [2.75, 3.05) is 0 Å². The van der Waals surface area contributed by atoms with Gasteiger partial charge in [0.25, 0.3) is 0 Å². The number of unbranched alkanes of at least 4 members (excludes halogenated alkanes) is 9. The number of allylic oxidation sites excluding steroid dienone is 2. The van der Waals surface area contributed by atoms with Gasteiger partial charge in [-0.05, 0) is 76.8 Å². The third kappa shape index (κ3) is 9.05. The lowest BCUT2D eigenvalue weighted by molar-refractivity contribution is 0.253. The second-order valence-electron chi connectivity index (χ2n) is 15.4. The van der Waals surface area contributed by atoms with Crippen molar-refractivity contribution >= 4 is 6.08 Å². The van der Waals surface area contributed by atoms with Crippen molar-refractivity contribution in [2.24, 2.45) is 11.3 Å². The Bertz CT molecular complexity index is 1200. The van der Waals surface area contributed by atoms with Crippen LogP contribution >= 0.6 is 0 Å². The highest BCUT2D eigenvalue weighted by Gasteiger charge is 2.48. The second-order valence-corrected chi connectivity index (χ2v) is 15.4. The van der Waals surface area contributed by atoms with E-state index in [1.54, 1.807) is 16.7 Å². The highest BCUT2D eigenvalue weighted by molar-refractivity contribution is 5.83. The van der Waals surface area contributed by atoms with Crippen molar-refractivity contribution in [1.29, 1.82) is 0 Å². The summed E-state index contributed by atoms with van der Waals surface area (Å²) in [5, 5.41) is 0. The number of benzene rings is 2. The Morgan fingerprint density at radius 1 is 0.667 bits per heavy atom.